The van der Waals surface area contributed by atoms with E-state index in [0.717, 1.165) is 5.56 Å². The largest absolute Gasteiger partial charge is 0.469 e. The van der Waals surface area contributed by atoms with E-state index in [0.29, 0.717) is 13.1 Å². The van der Waals surface area contributed by atoms with Crippen LogP contribution in [0, 0.1) is 0 Å². The highest BCUT2D eigenvalue weighted by atomic mass is 16.5. The number of carbonyl (C=O) groups excluding carboxylic acids is 2. The van der Waals surface area contributed by atoms with Gasteiger partial charge in [0.25, 0.3) is 0 Å². The molecular formula is C15H22N2O3. The molecule has 0 saturated heterocycles. The van der Waals surface area contributed by atoms with E-state index >= 15 is 0 Å². The summed E-state index contributed by atoms with van der Waals surface area (Å²) in [6.07, 6.45) is 0. The Morgan fingerprint density at radius 2 is 1.95 bits per heavy atom. The van der Waals surface area contributed by atoms with Crippen LogP contribution in [0.15, 0.2) is 30.3 Å². The monoisotopic (exact) mass is 278 g/mol. The Kier molecular flexibility index (Phi) is 6.73. The van der Waals surface area contributed by atoms with Gasteiger partial charge in [0.05, 0.1) is 19.6 Å². The van der Waals surface area contributed by atoms with Crippen molar-refractivity contribution in [2.75, 3.05) is 33.8 Å². The second-order valence-electron chi connectivity index (χ2n) is 4.53. The van der Waals surface area contributed by atoms with Crippen molar-refractivity contribution in [3.63, 3.8) is 0 Å². The van der Waals surface area contributed by atoms with E-state index in [1.54, 1.807) is 11.9 Å². The van der Waals surface area contributed by atoms with Crippen LogP contribution >= 0.6 is 0 Å². The molecule has 0 fully saturated rings. The highest BCUT2D eigenvalue weighted by molar-refractivity contribution is 5.79. The minimum Gasteiger partial charge on any atom is -0.469 e. The maximum Gasteiger partial charge on any atom is 0.314 e. The number of methoxy groups -OCH3 is 1. The molecule has 0 spiro atoms. The van der Waals surface area contributed by atoms with Crippen molar-refractivity contribution in [1.29, 1.82) is 0 Å². The van der Waals surface area contributed by atoms with Gasteiger partial charge >= 0.3 is 5.97 Å². The molecule has 0 bridgehead atoms. The molecule has 110 valence electrons. The summed E-state index contributed by atoms with van der Waals surface area (Å²) in [5.74, 6) is -0.704. The van der Waals surface area contributed by atoms with Crippen LogP contribution in [0.1, 0.15) is 18.4 Å². The number of nitrogens with zero attached hydrogens (tertiary/aromatic N) is 1. The van der Waals surface area contributed by atoms with Gasteiger partial charge in [-0.25, -0.2) is 0 Å². The Hall–Kier alpha value is -1.88. The molecule has 1 unspecified atom stereocenters. The number of hydrogen-bond acceptors (Lipinski definition) is 4. The average molecular weight is 278 g/mol. The summed E-state index contributed by atoms with van der Waals surface area (Å²) < 4.78 is 4.82. The molecule has 0 saturated carbocycles. The van der Waals surface area contributed by atoms with Gasteiger partial charge in [-0.2, -0.15) is 0 Å². The van der Waals surface area contributed by atoms with Crippen molar-refractivity contribution in [2.24, 2.45) is 0 Å². The van der Waals surface area contributed by atoms with Crippen LogP contribution in [-0.2, 0) is 14.3 Å². The van der Waals surface area contributed by atoms with Gasteiger partial charge in [0.2, 0.25) is 5.91 Å². The van der Waals surface area contributed by atoms with E-state index in [1.165, 1.54) is 7.11 Å². The minimum absolute atomic E-state index is 0.00387. The number of amides is 1. The standard InChI is InChI=1S/C15H22N2O3/c1-4-17(2)14(18)11-16-10-13(15(19)20-3)12-8-6-5-7-9-12/h5-9,13,16H,4,10-11H2,1-3H3. The molecule has 1 atom stereocenters. The van der Waals surface area contributed by atoms with Crippen molar-refractivity contribution in [3.05, 3.63) is 35.9 Å². The Morgan fingerprint density at radius 3 is 2.50 bits per heavy atom. The molecule has 0 aromatic heterocycles. The number of carbonyl (C=O) groups is 2. The molecule has 0 aliphatic carbocycles. The summed E-state index contributed by atoms with van der Waals surface area (Å²) in [7, 11) is 3.12. The zero-order valence-corrected chi connectivity index (χ0v) is 12.3. The number of benzene rings is 1. The van der Waals surface area contributed by atoms with E-state index < -0.39 is 5.92 Å². The summed E-state index contributed by atoms with van der Waals surface area (Å²) in [6, 6.07) is 9.40. The normalized spacial score (nSPS) is 11.8. The molecule has 0 aliphatic heterocycles. The van der Waals surface area contributed by atoms with Gasteiger partial charge in [0.1, 0.15) is 0 Å². The first-order valence-corrected chi connectivity index (χ1v) is 6.67. The number of likely N-dealkylation sites (N-methyl/N-ethyl adjacent to an activating group) is 1. The molecule has 1 N–H and O–H groups in total. The van der Waals surface area contributed by atoms with Gasteiger partial charge in [-0.1, -0.05) is 30.3 Å². The SMILES string of the molecule is CCN(C)C(=O)CNCC(C(=O)OC)c1ccccc1. The second kappa shape index (κ2) is 8.32. The quantitative estimate of drug-likeness (QED) is 0.756. The number of ether oxygens (including phenoxy) is 1. The summed E-state index contributed by atoms with van der Waals surface area (Å²) in [5, 5.41) is 3.02. The zero-order valence-electron chi connectivity index (χ0n) is 12.3. The van der Waals surface area contributed by atoms with Crippen molar-refractivity contribution >= 4 is 11.9 Å². The lowest BCUT2D eigenvalue weighted by molar-refractivity contribution is -0.142. The summed E-state index contributed by atoms with van der Waals surface area (Å²) >= 11 is 0. The lowest BCUT2D eigenvalue weighted by atomic mass is 9.99. The van der Waals surface area contributed by atoms with Crippen molar-refractivity contribution in [1.82, 2.24) is 10.2 Å². The molecule has 1 amide bonds. The maximum absolute atomic E-state index is 11.8. The predicted molar refractivity (Wildman–Crippen MR) is 77.4 cm³/mol. The summed E-state index contributed by atoms with van der Waals surface area (Å²) in [5.41, 5.74) is 0.878. The van der Waals surface area contributed by atoms with Crippen LogP contribution < -0.4 is 5.32 Å². The Bertz CT molecular complexity index is 434. The Morgan fingerprint density at radius 1 is 1.30 bits per heavy atom. The minimum atomic E-state index is -0.402. The maximum atomic E-state index is 11.8. The van der Waals surface area contributed by atoms with E-state index in [2.05, 4.69) is 5.32 Å². The third-order valence-electron chi connectivity index (χ3n) is 3.21. The van der Waals surface area contributed by atoms with Crippen LogP contribution in [-0.4, -0.2) is 50.6 Å². The third-order valence-corrected chi connectivity index (χ3v) is 3.21. The fraction of sp³-hybridized carbons (Fsp3) is 0.467. The summed E-state index contributed by atoms with van der Waals surface area (Å²) in [4.78, 5) is 25.1. The zero-order chi connectivity index (χ0) is 15.0. The molecule has 5 heteroatoms. The van der Waals surface area contributed by atoms with Crippen molar-refractivity contribution in [2.45, 2.75) is 12.8 Å². The van der Waals surface area contributed by atoms with E-state index in [-0.39, 0.29) is 18.4 Å². The van der Waals surface area contributed by atoms with Gasteiger partial charge < -0.3 is 15.0 Å². The van der Waals surface area contributed by atoms with Gasteiger partial charge in [-0.3, -0.25) is 9.59 Å². The molecule has 1 rings (SSSR count). The second-order valence-corrected chi connectivity index (χ2v) is 4.53. The summed E-state index contributed by atoms with van der Waals surface area (Å²) in [6.45, 7) is 3.17. The number of rotatable bonds is 7. The fourth-order valence-electron chi connectivity index (χ4n) is 1.80. The number of nitrogens with one attached hydrogen (secondary N) is 1. The first kappa shape index (κ1) is 16.2. The third kappa shape index (κ3) is 4.66. The molecule has 20 heavy (non-hydrogen) atoms. The predicted octanol–water partition coefficient (Wildman–Crippen LogP) is 1.01. The van der Waals surface area contributed by atoms with Crippen molar-refractivity contribution < 1.29 is 14.3 Å². The van der Waals surface area contributed by atoms with Gasteiger partial charge in [-0.05, 0) is 12.5 Å². The lowest BCUT2D eigenvalue weighted by Gasteiger charge is -2.18. The van der Waals surface area contributed by atoms with E-state index in [9.17, 15) is 9.59 Å². The van der Waals surface area contributed by atoms with Gasteiger partial charge in [0.15, 0.2) is 0 Å². The highest BCUT2D eigenvalue weighted by Gasteiger charge is 2.21. The van der Waals surface area contributed by atoms with Crippen LogP contribution in [0.4, 0.5) is 0 Å². The smallest absolute Gasteiger partial charge is 0.314 e. The number of esters is 1. The van der Waals surface area contributed by atoms with Crippen LogP contribution in [0.3, 0.4) is 0 Å². The van der Waals surface area contributed by atoms with E-state index in [1.807, 2.05) is 37.3 Å². The first-order chi connectivity index (χ1) is 9.60. The highest BCUT2D eigenvalue weighted by Crippen LogP contribution is 2.16. The van der Waals surface area contributed by atoms with Gasteiger partial charge in [0, 0.05) is 20.1 Å². The molecule has 0 heterocycles. The topological polar surface area (TPSA) is 58.6 Å². The van der Waals surface area contributed by atoms with Crippen LogP contribution in [0.5, 0.6) is 0 Å². The molecule has 5 nitrogen and oxygen atoms in total. The average Bonchev–Trinajstić information content (AvgIpc) is 2.50. The molecule has 1 aromatic carbocycles. The van der Waals surface area contributed by atoms with Crippen molar-refractivity contribution in [3.8, 4) is 0 Å². The number of hydrogen-bond donors (Lipinski definition) is 1. The van der Waals surface area contributed by atoms with E-state index in [4.69, 9.17) is 4.74 Å². The molecule has 0 aliphatic rings. The van der Waals surface area contributed by atoms with Gasteiger partial charge in [-0.15, -0.1) is 0 Å². The fourth-order valence-corrected chi connectivity index (χ4v) is 1.80. The van der Waals surface area contributed by atoms with Crippen LogP contribution in [0.2, 0.25) is 0 Å². The molecule has 0 radical (unpaired) electrons. The molecular weight excluding hydrogens is 256 g/mol. The Balaban J connectivity index is 2.59. The lowest BCUT2D eigenvalue weighted by Crippen LogP contribution is -2.38. The van der Waals surface area contributed by atoms with Crippen LogP contribution in [0.25, 0.3) is 0 Å². The Labute approximate surface area is 119 Å². The first-order valence-electron chi connectivity index (χ1n) is 6.67. The molecule has 1 aromatic rings.